The van der Waals surface area contributed by atoms with Crippen molar-refractivity contribution in [1.82, 2.24) is 14.6 Å². The first kappa shape index (κ1) is 24.9. The van der Waals surface area contributed by atoms with Crippen LogP contribution in [-0.4, -0.2) is 40.2 Å². The van der Waals surface area contributed by atoms with Crippen LogP contribution < -0.4 is 5.73 Å². The van der Waals surface area contributed by atoms with Crippen molar-refractivity contribution in [3.8, 4) is 5.69 Å². The quantitative estimate of drug-likeness (QED) is 0.310. The standard InChI is InChI=1S/C31H35FN4O2/c32-24-7-9-27-29(19-24)38-34-30(27)23-12-17-35(18-13-23)16-11-21-3-5-22(6-4-21)28-20-25(36-14-1-2-15-36)8-10-26(28)31(33)37/h1-2,7-10,14-15,19-23H,3-6,11-13,16-18H2,(H2,33,37). The fourth-order valence-electron chi connectivity index (χ4n) is 6.56. The highest BCUT2D eigenvalue weighted by Gasteiger charge is 2.28. The monoisotopic (exact) mass is 514 g/mol. The first-order valence-electron chi connectivity index (χ1n) is 13.9. The number of likely N-dealkylation sites (tertiary alicyclic amines) is 1. The average Bonchev–Trinajstić information content (AvgIpc) is 3.63. The maximum absolute atomic E-state index is 13.5. The maximum atomic E-state index is 13.5. The fraction of sp³-hybridized carbons (Fsp3) is 0.419. The highest BCUT2D eigenvalue weighted by atomic mass is 19.1. The van der Waals surface area contributed by atoms with Crippen molar-refractivity contribution in [2.75, 3.05) is 19.6 Å². The second-order valence-electron chi connectivity index (χ2n) is 11.1. The molecule has 6 rings (SSSR count). The van der Waals surface area contributed by atoms with Gasteiger partial charge in [-0.3, -0.25) is 4.79 Å². The van der Waals surface area contributed by atoms with E-state index in [1.54, 1.807) is 6.07 Å². The van der Waals surface area contributed by atoms with Crippen molar-refractivity contribution in [3.05, 3.63) is 83.6 Å². The number of primary amides is 1. The molecular weight excluding hydrogens is 479 g/mol. The van der Waals surface area contributed by atoms with E-state index in [0.717, 1.165) is 73.6 Å². The minimum Gasteiger partial charge on any atom is -0.366 e. The molecule has 1 saturated heterocycles. The van der Waals surface area contributed by atoms with Crippen LogP contribution in [0.25, 0.3) is 16.7 Å². The summed E-state index contributed by atoms with van der Waals surface area (Å²) in [6.45, 7) is 3.25. The van der Waals surface area contributed by atoms with Gasteiger partial charge in [-0.25, -0.2) is 4.39 Å². The number of carbonyl (C=O) groups is 1. The number of benzene rings is 2. The summed E-state index contributed by atoms with van der Waals surface area (Å²) in [6.07, 6.45) is 12.0. The number of hydrogen-bond acceptors (Lipinski definition) is 4. The number of rotatable bonds is 7. The molecule has 7 heteroatoms. The van der Waals surface area contributed by atoms with E-state index in [-0.39, 0.29) is 11.7 Å². The van der Waals surface area contributed by atoms with Crippen molar-refractivity contribution in [1.29, 1.82) is 0 Å². The lowest BCUT2D eigenvalue weighted by molar-refractivity contribution is 0.0998. The Kier molecular flexibility index (Phi) is 7.02. The number of halogens is 1. The van der Waals surface area contributed by atoms with Gasteiger partial charge in [-0.15, -0.1) is 0 Å². The molecule has 2 aromatic carbocycles. The van der Waals surface area contributed by atoms with Crippen molar-refractivity contribution in [2.24, 2.45) is 11.7 Å². The van der Waals surface area contributed by atoms with Gasteiger partial charge in [0.15, 0.2) is 5.58 Å². The zero-order valence-corrected chi connectivity index (χ0v) is 21.7. The zero-order valence-electron chi connectivity index (χ0n) is 21.7. The first-order valence-corrected chi connectivity index (χ1v) is 13.9. The van der Waals surface area contributed by atoms with Gasteiger partial charge in [0.2, 0.25) is 5.91 Å². The second kappa shape index (κ2) is 10.7. The molecule has 0 radical (unpaired) electrons. The third-order valence-electron chi connectivity index (χ3n) is 8.78. The Morgan fingerprint density at radius 1 is 0.974 bits per heavy atom. The topological polar surface area (TPSA) is 77.3 Å². The minimum atomic E-state index is -0.338. The van der Waals surface area contributed by atoms with E-state index in [2.05, 4.69) is 20.7 Å². The predicted octanol–water partition coefficient (Wildman–Crippen LogP) is 6.40. The van der Waals surface area contributed by atoms with Crippen molar-refractivity contribution in [2.45, 2.75) is 56.8 Å². The van der Waals surface area contributed by atoms with Crippen LogP contribution in [-0.2, 0) is 0 Å². The van der Waals surface area contributed by atoms with E-state index >= 15 is 0 Å². The van der Waals surface area contributed by atoms with Gasteiger partial charge in [-0.2, -0.15) is 0 Å². The summed E-state index contributed by atoms with van der Waals surface area (Å²) in [5.41, 5.74) is 10.1. The summed E-state index contributed by atoms with van der Waals surface area (Å²) in [6, 6.07) is 14.7. The van der Waals surface area contributed by atoms with Gasteiger partial charge in [0, 0.05) is 41.0 Å². The van der Waals surface area contributed by atoms with Gasteiger partial charge < -0.3 is 19.7 Å². The molecule has 1 aliphatic heterocycles. The molecule has 4 aromatic rings. The highest BCUT2D eigenvalue weighted by molar-refractivity contribution is 5.94. The van der Waals surface area contributed by atoms with Gasteiger partial charge in [0.1, 0.15) is 5.82 Å². The second-order valence-corrected chi connectivity index (χ2v) is 11.1. The van der Waals surface area contributed by atoms with Crippen LogP contribution in [0.4, 0.5) is 4.39 Å². The van der Waals surface area contributed by atoms with E-state index in [4.69, 9.17) is 10.3 Å². The molecule has 0 atom stereocenters. The lowest BCUT2D eigenvalue weighted by atomic mass is 9.76. The molecule has 198 valence electrons. The third kappa shape index (κ3) is 5.12. The Morgan fingerprint density at radius 3 is 2.47 bits per heavy atom. The Morgan fingerprint density at radius 2 is 1.74 bits per heavy atom. The van der Waals surface area contributed by atoms with Crippen LogP contribution in [0.3, 0.4) is 0 Å². The Balaban J connectivity index is 1.01. The number of nitrogens with zero attached hydrogens (tertiary/aromatic N) is 3. The van der Waals surface area contributed by atoms with E-state index < -0.39 is 0 Å². The molecule has 0 bridgehead atoms. The van der Waals surface area contributed by atoms with Crippen molar-refractivity contribution >= 4 is 16.9 Å². The van der Waals surface area contributed by atoms with Gasteiger partial charge in [-0.1, -0.05) is 5.16 Å². The highest BCUT2D eigenvalue weighted by Crippen LogP contribution is 2.39. The molecule has 1 saturated carbocycles. The van der Waals surface area contributed by atoms with E-state index in [9.17, 15) is 9.18 Å². The number of nitrogens with two attached hydrogens (primary N) is 1. The zero-order chi connectivity index (χ0) is 26.1. The molecule has 2 aliphatic rings. The van der Waals surface area contributed by atoms with Crippen LogP contribution in [0, 0.1) is 11.7 Å². The molecule has 2 N–H and O–H groups in total. The van der Waals surface area contributed by atoms with Gasteiger partial charge in [0.05, 0.1) is 5.69 Å². The number of carbonyl (C=O) groups excluding carboxylic acids is 1. The molecule has 2 aromatic heterocycles. The van der Waals surface area contributed by atoms with Crippen LogP contribution in [0.2, 0.25) is 0 Å². The smallest absolute Gasteiger partial charge is 0.248 e. The Hall–Kier alpha value is -3.45. The minimum absolute atomic E-state index is 0.289. The molecule has 0 spiro atoms. The van der Waals surface area contributed by atoms with Crippen LogP contribution in [0.1, 0.15) is 78.4 Å². The summed E-state index contributed by atoms with van der Waals surface area (Å²) < 4.78 is 21.0. The first-order chi connectivity index (χ1) is 18.5. The fourth-order valence-corrected chi connectivity index (χ4v) is 6.56. The van der Waals surface area contributed by atoms with Crippen LogP contribution >= 0.6 is 0 Å². The predicted molar refractivity (Wildman–Crippen MR) is 146 cm³/mol. The summed E-state index contributed by atoms with van der Waals surface area (Å²) in [5, 5.41) is 5.23. The molecule has 38 heavy (non-hydrogen) atoms. The number of aromatic nitrogens is 2. The number of fused-ring (bicyclic) bond motifs is 1. The van der Waals surface area contributed by atoms with Gasteiger partial charge >= 0.3 is 0 Å². The molecule has 6 nitrogen and oxygen atoms in total. The summed E-state index contributed by atoms with van der Waals surface area (Å²) in [4.78, 5) is 14.7. The average molecular weight is 515 g/mol. The molecular formula is C31H35FN4O2. The van der Waals surface area contributed by atoms with Crippen LogP contribution in [0.5, 0.6) is 0 Å². The largest absolute Gasteiger partial charge is 0.366 e. The summed E-state index contributed by atoms with van der Waals surface area (Å²) >= 11 is 0. The SMILES string of the molecule is NC(=O)c1ccc(-n2cccc2)cc1C1CCC(CCN2CCC(c3noc4cc(F)ccc34)CC2)CC1. The van der Waals surface area contributed by atoms with E-state index in [1.165, 1.54) is 31.4 Å². The molecule has 2 fully saturated rings. The number of piperidine rings is 1. The third-order valence-corrected chi connectivity index (χ3v) is 8.78. The summed E-state index contributed by atoms with van der Waals surface area (Å²) in [7, 11) is 0. The van der Waals surface area contributed by atoms with Gasteiger partial charge in [-0.05, 0) is 124 Å². The Labute approximate surface area is 222 Å². The normalized spacial score (nSPS) is 21.2. The number of amides is 1. The molecule has 3 heterocycles. The number of hydrogen-bond donors (Lipinski definition) is 1. The van der Waals surface area contributed by atoms with E-state index in [1.807, 2.05) is 36.7 Å². The lowest BCUT2D eigenvalue weighted by Gasteiger charge is -2.34. The maximum Gasteiger partial charge on any atom is 0.248 e. The molecule has 0 unspecified atom stereocenters. The lowest BCUT2D eigenvalue weighted by Crippen LogP contribution is -2.34. The van der Waals surface area contributed by atoms with Crippen LogP contribution in [0.15, 0.2) is 65.4 Å². The molecule has 1 amide bonds. The van der Waals surface area contributed by atoms with Gasteiger partial charge in [0.25, 0.3) is 0 Å². The molecule has 1 aliphatic carbocycles. The Bertz CT molecular complexity index is 1400. The van der Waals surface area contributed by atoms with Crippen molar-refractivity contribution < 1.29 is 13.7 Å². The summed E-state index contributed by atoms with van der Waals surface area (Å²) in [5.74, 6) is 0.849. The van der Waals surface area contributed by atoms with E-state index in [0.29, 0.717) is 23.0 Å². The van der Waals surface area contributed by atoms with Crippen molar-refractivity contribution in [3.63, 3.8) is 0 Å².